The van der Waals surface area contributed by atoms with Gasteiger partial charge in [-0.05, 0) is 30.3 Å². The highest BCUT2D eigenvalue weighted by molar-refractivity contribution is 6.06. The van der Waals surface area contributed by atoms with Crippen molar-refractivity contribution in [1.82, 2.24) is 0 Å². The van der Waals surface area contributed by atoms with Gasteiger partial charge in [0.05, 0.1) is 13.0 Å². The van der Waals surface area contributed by atoms with Crippen molar-refractivity contribution in [3.8, 4) is 5.75 Å². The first-order valence-corrected chi connectivity index (χ1v) is 8.06. The number of aliphatic carboxylic acids is 1. The normalized spacial score (nSPS) is 16.4. The van der Waals surface area contributed by atoms with E-state index in [1.807, 2.05) is 0 Å². The quantitative estimate of drug-likeness (QED) is 0.859. The molecule has 2 aromatic rings. The number of carboxylic acid groups (broad SMARTS) is 1. The number of nitrogens with one attached hydrogen (secondary N) is 1. The molecule has 0 aliphatic carbocycles. The Bertz CT molecular complexity index is 865. The molecule has 26 heavy (non-hydrogen) atoms. The van der Waals surface area contributed by atoms with E-state index in [2.05, 4.69) is 5.32 Å². The zero-order chi connectivity index (χ0) is 18.7. The van der Waals surface area contributed by atoms with Crippen LogP contribution in [0.5, 0.6) is 5.75 Å². The van der Waals surface area contributed by atoms with Gasteiger partial charge in [-0.2, -0.15) is 0 Å². The van der Waals surface area contributed by atoms with Gasteiger partial charge in [0.25, 0.3) is 5.91 Å². The maximum atomic E-state index is 12.5. The van der Waals surface area contributed by atoms with Gasteiger partial charge in [0.2, 0.25) is 5.91 Å². The van der Waals surface area contributed by atoms with E-state index < -0.39 is 11.9 Å². The number of ether oxygens (including phenoxy) is 1. The molecular weight excluding hydrogens is 336 g/mol. The summed E-state index contributed by atoms with van der Waals surface area (Å²) in [6, 6.07) is 13.5. The van der Waals surface area contributed by atoms with E-state index >= 15 is 0 Å². The Morgan fingerprint density at radius 1 is 1.19 bits per heavy atom. The Hall–Kier alpha value is -3.35. The fourth-order valence-corrected chi connectivity index (χ4v) is 2.84. The molecule has 1 aliphatic rings. The molecule has 2 amide bonds. The predicted octanol–water partition coefficient (Wildman–Crippen LogP) is 2.39. The molecule has 0 bridgehead atoms. The van der Waals surface area contributed by atoms with Crippen molar-refractivity contribution in [2.75, 3.05) is 23.9 Å². The summed E-state index contributed by atoms with van der Waals surface area (Å²) in [6.45, 7) is 0.106. The molecule has 0 radical (unpaired) electrons. The molecule has 3 rings (SSSR count). The number of nitrogens with zero attached hydrogens (tertiary/aromatic N) is 1. The SMILES string of the molecule is COc1cccc(NC(=O)c2cccc(N3C[C@H](C(=O)O)CC3=O)c2)c1. The predicted molar refractivity (Wildman–Crippen MR) is 95.5 cm³/mol. The largest absolute Gasteiger partial charge is 0.497 e. The monoisotopic (exact) mass is 354 g/mol. The highest BCUT2D eigenvalue weighted by Crippen LogP contribution is 2.26. The molecule has 2 N–H and O–H groups in total. The van der Waals surface area contributed by atoms with Crippen molar-refractivity contribution in [3.05, 3.63) is 54.1 Å². The van der Waals surface area contributed by atoms with E-state index in [0.29, 0.717) is 22.7 Å². The number of carboxylic acids is 1. The van der Waals surface area contributed by atoms with E-state index in [-0.39, 0.29) is 24.8 Å². The van der Waals surface area contributed by atoms with Gasteiger partial charge < -0.3 is 20.1 Å². The fourth-order valence-electron chi connectivity index (χ4n) is 2.84. The minimum atomic E-state index is -0.993. The van der Waals surface area contributed by atoms with Crippen LogP contribution in [0.1, 0.15) is 16.8 Å². The van der Waals surface area contributed by atoms with Gasteiger partial charge >= 0.3 is 5.97 Å². The molecule has 0 saturated carbocycles. The van der Waals surface area contributed by atoms with Gasteiger partial charge in [0, 0.05) is 36.0 Å². The standard InChI is InChI=1S/C19H18N2O5/c1-26-16-7-3-5-14(10-16)20-18(23)12-4-2-6-15(8-12)21-11-13(19(24)25)9-17(21)22/h2-8,10,13H,9,11H2,1H3,(H,20,23)(H,24,25)/t13-/m1/s1. The molecule has 0 aromatic heterocycles. The van der Waals surface area contributed by atoms with E-state index in [1.165, 1.54) is 4.90 Å². The zero-order valence-corrected chi connectivity index (χ0v) is 14.1. The minimum absolute atomic E-state index is 0.0322. The third-order valence-corrected chi connectivity index (χ3v) is 4.22. The van der Waals surface area contributed by atoms with Gasteiger partial charge in [-0.15, -0.1) is 0 Å². The first-order valence-electron chi connectivity index (χ1n) is 8.06. The van der Waals surface area contributed by atoms with Crippen LogP contribution in [0, 0.1) is 5.92 Å². The third-order valence-electron chi connectivity index (χ3n) is 4.22. The van der Waals surface area contributed by atoms with Crippen LogP contribution in [0.25, 0.3) is 0 Å². The van der Waals surface area contributed by atoms with E-state index in [0.717, 1.165) is 0 Å². The van der Waals surface area contributed by atoms with Gasteiger partial charge in [-0.1, -0.05) is 12.1 Å². The molecule has 1 saturated heterocycles. The second kappa shape index (κ2) is 7.26. The molecular formula is C19H18N2O5. The topological polar surface area (TPSA) is 95.9 Å². The number of amides is 2. The lowest BCUT2D eigenvalue weighted by molar-refractivity contribution is -0.141. The van der Waals surface area contributed by atoms with Crippen LogP contribution in [0.3, 0.4) is 0 Å². The number of carbonyl (C=O) groups excluding carboxylic acids is 2. The van der Waals surface area contributed by atoms with Crippen molar-refractivity contribution in [2.24, 2.45) is 5.92 Å². The van der Waals surface area contributed by atoms with E-state index in [4.69, 9.17) is 9.84 Å². The van der Waals surface area contributed by atoms with Gasteiger partial charge in [0.15, 0.2) is 0 Å². The molecule has 0 unspecified atom stereocenters. The van der Waals surface area contributed by atoms with Gasteiger partial charge in [-0.25, -0.2) is 0 Å². The first kappa shape index (κ1) is 17.5. The minimum Gasteiger partial charge on any atom is -0.497 e. The zero-order valence-electron chi connectivity index (χ0n) is 14.1. The molecule has 134 valence electrons. The smallest absolute Gasteiger partial charge is 0.308 e. The number of hydrogen-bond donors (Lipinski definition) is 2. The summed E-state index contributed by atoms with van der Waals surface area (Å²) >= 11 is 0. The van der Waals surface area contributed by atoms with Crippen molar-refractivity contribution in [2.45, 2.75) is 6.42 Å². The van der Waals surface area contributed by atoms with Crippen molar-refractivity contribution < 1.29 is 24.2 Å². The highest BCUT2D eigenvalue weighted by Gasteiger charge is 2.35. The molecule has 1 aliphatic heterocycles. The van der Waals surface area contributed by atoms with Crippen LogP contribution < -0.4 is 15.0 Å². The number of rotatable bonds is 5. The number of methoxy groups -OCH3 is 1. The number of hydrogen-bond acceptors (Lipinski definition) is 4. The number of carbonyl (C=O) groups is 3. The van der Waals surface area contributed by atoms with Gasteiger partial charge in [-0.3, -0.25) is 14.4 Å². The van der Waals surface area contributed by atoms with Crippen LogP contribution in [-0.4, -0.2) is 36.5 Å². The molecule has 7 nitrogen and oxygen atoms in total. The number of anilines is 2. The highest BCUT2D eigenvalue weighted by atomic mass is 16.5. The Kier molecular flexibility index (Phi) is 4.88. The summed E-state index contributed by atoms with van der Waals surface area (Å²) in [5.41, 5.74) is 1.47. The average Bonchev–Trinajstić information content (AvgIpc) is 3.04. The Labute approximate surface area is 150 Å². The van der Waals surface area contributed by atoms with E-state index in [1.54, 1.807) is 55.6 Å². The Morgan fingerprint density at radius 3 is 2.65 bits per heavy atom. The fraction of sp³-hybridized carbons (Fsp3) is 0.211. The third kappa shape index (κ3) is 3.66. The van der Waals surface area contributed by atoms with Crippen LogP contribution in [0.2, 0.25) is 0 Å². The second-order valence-electron chi connectivity index (χ2n) is 5.98. The van der Waals surface area contributed by atoms with E-state index in [9.17, 15) is 14.4 Å². The lowest BCUT2D eigenvalue weighted by Gasteiger charge is -2.17. The molecule has 1 atom stereocenters. The van der Waals surface area contributed by atoms with Crippen LogP contribution in [0.4, 0.5) is 11.4 Å². The summed E-state index contributed by atoms with van der Waals surface area (Å²) in [6.07, 6.45) is -0.0322. The van der Waals surface area contributed by atoms with Crippen molar-refractivity contribution in [3.63, 3.8) is 0 Å². The summed E-state index contributed by atoms with van der Waals surface area (Å²) in [5, 5.41) is 11.9. The van der Waals surface area contributed by atoms with Crippen molar-refractivity contribution >= 4 is 29.2 Å². The maximum absolute atomic E-state index is 12.5. The lowest BCUT2D eigenvalue weighted by atomic mass is 10.1. The lowest BCUT2D eigenvalue weighted by Crippen LogP contribution is -2.26. The summed E-state index contributed by atoms with van der Waals surface area (Å²) in [5.74, 6) is -1.69. The number of benzene rings is 2. The van der Waals surface area contributed by atoms with Crippen LogP contribution in [-0.2, 0) is 9.59 Å². The summed E-state index contributed by atoms with van der Waals surface area (Å²) in [4.78, 5) is 37.1. The summed E-state index contributed by atoms with van der Waals surface area (Å²) in [7, 11) is 1.54. The van der Waals surface area contributed by atoms with Crippen LogP contribution >= 0.6 is 0 Å². The van der Waals surface area contributed by atoms with Crippen LogP contribution in [0.15, 0.2) is 48.5 Å². The van der Waals surface area contributed by atoms with Crippen molar-refractivity contribution in [1.29, 1.82) is 0 Å². The first-order chi connectivity index (χ1) is 12.5. The maximum Gasteiger partial charge on any atom is 0.308 e. The Balaban J connectivity index is 1.77. The molecule has 1 fully saturated rings. The van der Waals surface area contributed by atoms with Gasteiger partial charge in [0.1, 0.15) is 5.75 Å². The second-order valence-corrected chi connectivity index (χ2v) is 5.98. The molecule has 2 aromatic carbocycles. The molecule has 1 heterocycles. The Morgan fingerprint density at radius 2 is 1.96 bits per heavy atom. The average molecular weight is 354 g/mol. The molecule has 7 heteroatoms. The molecule has 0 spiro atoms. The summed E-state index contributed by atoms with van der Waals surface area (Å²) < 4.78 is 5.13.